The quantitative estimate of drug-likeness (QED) is 0.0168. The highest BCUT2D eigenvalue weighted by Gasteiger charge is 2.54. The summed E-state index contributed by atoms with van der Waals surface area (Å²) >= 11 is 0. The molecule has 3 aromatic carbocycles. The van der Waals surface area contributed by atoms with E-state index in [0.717, 1.165) is 106 Å². The van der Waals surface area contributed by atoms with E-state index in [1.54, 1.807) is 64.3 Å². The van der Waals surface area contributed by atoms with Gasteiger partial charge in [0.25, 0.3) is 0 Å². The van der Waals surface area contributed by atoms with E-state index in [1.807, 2.05) is 117 Å². The molecule has 8 saturated heterocycles. The Morgan fingerprint density at radius 1 is 0.450 bits per heavy atom. The van der Waals surface area contributed by atoms with Crippen LogP contribution in [0.15, 0.2) is 142 Å². The molecule has 12 fully saturated rings. The Morgan fingerprint density at radius 2 is 0.779 bits per heavy atom. The van der Waals surface area contributed by atoms with Gasteiger partial charge in [0, 0.05) is 68.3 Å². The molecule has 8 aliphatic heterocycles. The maximum Gasteiger partial charge on any atom is 0.437 e. The molecule has 0 unspecified atom stereocenters. The minimum Gasteiger partial charge on any atom is -0.444 e. The number of nitrogens with one attached hydrogen (secondary N) is 2. The average molecular weight is 1960 g/mol. The first-order valence-electron chi connectivity index (χ1n) is 47.3. The third-order valence-corrected chi connectivity index (χ3v) is 25.9. The van der Waals surface area contributed by atoms with Crippen LogP contribution in [0.4, 0.5) is 33.6 Å². The van der Waals surface area contributed by atoms with Gasteiger partial charge in [-0.25, -0.2) is 38.2 Å². The molecule has 0 radical (unpaired) electrons. The maximum absolute atomic E-state index is 13.1. The van der Waals surface area contributed by atoms with Gasteiger partial charge in [-0.2, -0.15) is 33.8 Å². The van der Waals surface area contributed by atoms with Crippen molar-refractivity contribution in [3.05, 3.63) is 173 Å². The second-order valence-corrected chi connectivity index (χ2v) is 41.0. The third kappa shape index (κ3) is 25.0. The first-order valence-corrected chi connectivity index (χ1v) is 48.7. The van der Waals surface area contributed by atoms with Crippen LogP contribution in [-0.4, -0.2) is 249 Å². The minimum absolute atomic E-state index is 0.0256. The molecule has 13 heterocycles. The van der Waals surface area contributed by atoms with Crippen molar-refractivity contribution in [3.63, 3.8) is 0 Å². The van der Waals surface area contributed by atoms with Gasteiger partial charge in [-0.3, -0.25) is 39.7 Å². The minimum atomic E-state index is -4.78. The van der Waals surface area contributed by atoms with Gasteiger partial charge in [-0.1, -0.05) is 97.9 Å². The SMILES string of the molecule is CC(=NC1CC(c2nnc([C@@H]3CC[C@@H]4CN3C(=O)N4OCc3ccccc3)o2)C1)NC(=O)OC(C)(C)C.CC(C)(C)OC(=O)N=C(NC(=O)OC(C)(C)C)n1cccn1.CC1CC(c2nnc([C@@H]3CC[C@@H]4CN3C(=O)N4OCc3ccccc3)o2)C1.NC(N)=NC1CC(c2nnc([C@@H]3CC[C@@H]4CN3C(=O)N4OS(=O)(=O)O)o2)C1.NC1CC(c2nnc([C@@H]3CC[C@@H]4CN3C(=O)N4OCc3ccccc3)o2)C1. The van der Waals surface area contributed by atoms with Crippen LogP contribution in [0.1, 0.15) is 291 Å². The molecule has 8 aromatic rings. The van der Waals surface area contributed by atoms with E-state index in [4.69, 9.17) is 68.1 Å². The fraction of sp³-hybridized carbons (Fsp3) is 0.576. The Hall–Kier alpha value is -13.2. The molecule has 9 N–H and O–H groups in total. The number of carbonyl (C=O) groups excluding carboxylic acids is 7. The molecule has 48 heteroatoms. The van der Waals surface area contributed by atoms with Gasteiger partial charge in [0.05, 0.1) is 36.3 Å². The van der Waals surface area contributed by atoms with Gasteiger partial charge >= 0.3 is 52.8 Å². The van der Waals surface area contributed by atoms with Crippen LogP contribution < -0.4 is 27.8 Å². The van der Waals surface area contributed by atoms with Gasteiger partial charge < -0.3 is 68.7 Å². The second kappa shape index (κ2) is 42.5. The van der Waals surface area contributed by atoms with Gasteiger partial charge in [-0.15, -0.1) is 50.1 Å². The number of hydroxylamine groups is 8. The number of piperidine rings is 4. The summed E-state index contributed by atoms with van der Waals surface area (Å²) in [5.74, 6) is 6.30. The highest BCUT2D eigenvalue weighted by Crippen LogP contribution is 2.48. The number of hydrogen-bond donors (Lipinski definition) is 6. The first-order chi connectivity index (χ1) is 66.7. The highest BCUT2D eigenvalue weighted by molar-refractivity contribution is 7.80. The van der Waals surface area contributed by atoms with E-state index >= 15 is 0 Å². The topological polar surface area (TPSA) is 577 Å². The monoisotopic (exact) mass is 1960 g/mol. The Morgan fingerprint density at radius 3 is 1.11 bits per heavy atom. The van der Waals surface area contributed by atoms with Gasteiger partial charge in [0.2, 0.25) is 53.1 Å². The van der Waals surface area contributed by atoms with Crippen LogP contribution >= 0.6 is 0 Å². The number of amides is 11. The number of amidine groups is 1. The Labute approximate surface area is 808 Å². The Bertz CT molecular complexity index is 5700. The van der Waals surface area contributed by atoms with Crippen molar-refractivity contribution in [1.82, 2.24) is 101 Å². The molecule has 0 spiro atoms. The Kier molecular flexibility index (Phi) is 30.3. The van der Waals surface area contributed by atoms with E-state index < -0.39 is 63.6 Å². The van der Waals surface area contributed by atoms with E-state index in [9.17, 15) is 42.0 Å². The lowest BCUT2D eigenvalue weighted by Crippen LogP contribution is -2.40. The number of guanidine groups is 1. The summed E-state index contributed by atoms with van der Waals surface area (Å²) in [6.45, 7) is 23.0. The molecule has 4 aliphatic carbocycles. The molecule has 47 nitrogen and oxygen atoms in total. The van der Waals surface area contributed by atoms with Crippen LogP contribution in [0, 0.1) is 5.92 Å². The number of ether oxygens (including phenoxy) is 3. The highest BCUT2D eigenvalue weighted by atomic mass is 32.3. The number of aromatic nitrogens is 10. The van der Waals surface area contributed by atoms with Gasteiger partial charge in [0.1, 0.15) is 66.6 Å². The number of hydrogen-bond acceptors (Lipinski definition) is 32. The van der Waals surface area contributed by atoms with Crippen molar-refractivity contribution in [2.45, 2.75) is 306 Å². The number of alkyl carbamates (subject to hydrolysis) is 2. The largest absolute Gasteiger partial charge is 0.444 e. The lowest BCUT2D eigenvalue weighted by atomic mass is 9.76. The molecule has 20 rings (SSSR count). The molecule has 140 heavy (non-hydrogen) atoms. The van der Waals surface area contributed by atoms with E-state index in [0.29, 0.717) is 117 Å². The first kappa shape index (κ1) is 99.8. The summed E-state index contributed by atoms with van der Waals surface area (Å²) in [5.41, 5.74) is 17.7. The molecular formula is C92H122N26O21S. The van der Waals surface area contributed by atoms with E-state index in [1.165, 1.54) is 37.2 Å². The predicted molar refractivity (Wildman–Crippen MR) is 494 cm³/mol. The fourth-order valence-electron chi connectivity index (χ4n) is 18.6. The second-order valence-electron chi connectivity index (χ2n) is 40.0. The standard InChI is InChI=1S/C26H34N6O5.C20H24N4O3.C19H23N5O3.C14H22N4O4.C13H19N7O6S/c1-16(28-24(33)37-26(2,3)4)27-19-12-18(13-19)22-29-30-23(36-22)21-11-10-20-14-31(21)25(34)32(20)35-15-17-8-6-5-7-9-17;1-13-9-15(10-13)18-21-22-19(27-18)17-8-7-16-11-23(17)20(25)24(16)26-12-14-5-3-2-4-6-14;20-14-8-13(9-14)17-21-22-18(27-17)16-7-6-15-10-23(16)19(25)24(15)26-11-12-4-2-1-3-5-12;1-13(2,3)21-11(19)16-10(18-9-7-8-15-18)17-12(20)22-14(4,5)6;14-12(15)16-7-3-6(4-7)10-17-18-11(25-10)9-2-1-8-5-19(9)13(21)20(8)26-27(22,23)24/h5-9,18-21H,10-15H2,1-4H3,(H,27,28,33);2-6,13,15-17H,7-12H2,1H3;1-5,13-16H,6-11,20H2;7-9H,1-6H3,(H,16,17,19,20);6-9H,1-5H2,(H4,14,15,16)(H,22,23,24)/t18?,19?,20-,21+;13?,15?,16-,17+;13?,14?,15-,16+;;6?,7?,8-,9+/m111.1/s1. The predicted octanol–water partition coefficient (Wildman–Crippen LogP) is 12.1. The molecule has 8 bridgehead atoms. The van der Waals surface area contributed by atoms with Gasteiger partial charge in [0.15, 0.2) is 5.96 Å². The molecule has 4 saturated carbocycles. The molecule has 12 aliphatic rings. The van der Waals surface area contributed by atoms with Crippen molar-refractivity contribution in [1.29, 1.82) is 0 Å². The molecular weight excluding hydrogens is 1840 g/mol. The lowest BCUT2D eigenvalue weighted by Gasteiger charge is -2.30. The number of fused-ring (bicyclic) bond motifs is 8. The smallest absolute Gasteiger partial charge is 0.437 e. The number of benzene rings is 3. The number of aliphatic imine (C=N–C) groups is 3. The van der Waals surface area contributed by atoms with Gasteiger partial charge in [-0.05, 0) is 201 Å². The van der Waals surface area contributed by atoms with E-state index in [2.05, 4.69) is 82.7 Å². The Balaban J connectivity index is 0.000000128. The zero-order chi connectivity index (χ0) is 99.2. The zero-order valence-electron chi connectivity index (χ0n) is 80.0. The molecule has 752 valence electrons. The summed E-state index contributed by atoms with van der Waals surface area (Å²) in [6.07, 6.45) is 13.7. The van der Waals surface area contributed by atoms with Crippen molar-refractivity contribution < 1.29 is 97.2 Å². The summed E-state index contributed by atoms with van der Waals surface area (Å²) in [4.78, 5) is 123. The van der Waals surface area contributed by atoms with Crippen molar-refractivity contribution in [2.75, 3.05) is 26.2 Å². The van der Waals surface area contributed by atoms with Crippen LogP contribution in [0.5, 0.6) is 0 Å². The van der Waals surface area contributed by atoms with E-state index in [-0.39, 0.29) is 115 Å². The number of rotatable bonds is 21. The summed E-state index contributed by atoms with van der Waals surface area (Å²) in [5, 5.41) is 47.9. The molecule has 5 aromatic heterocycles. The number of nitrogens with zero attached hydrogens (tertiary/aromatic N) is 21. The number of urea groups is 4. The van der Waals surface area contributed by atoms with Crippen LogP contribution in [0.2, 0.25) is 0 Å². The normalized spacial score (nSPS) is 26.2. The number of nitrogens with two attached hydrogens (primary N) is 3. The maximum atomic E-state index is 13.1. The lowest BCUT2D eigenvalue weighted by molar-refractivity contribution is -0.140. The average Bonchev–Trinajstić information content (AvgIpc) is 1.62. The third-order valence-electron chi connectivity index (χ3n) is 25.6. The van der Waals surface area contributed by atoms with Crippen molar-refractivity contribution >= 4 is 70.6 Å². The number of carbonyl (C=O) groups is 7. The summed E-state index contributed by atoms with van der Waals surface area (Å²) in [6, 6.07) is 29.2. The fourth-order valence-corrected chi connectivity index (χ4v) is 19.0. The summed E-state index contributed by atoms with van der Waals surface area (Å²) in [7, 11) is -4.78. The van der Waals surface area contributed by atoms with Crippen LogP contribution in [-0.2, 0) is 63.2 Å². The van der Waals surface area contributed by atoms with Crippen LogP contribution in [0.25, 0.3) is 0 Å². The van der Waals surface area contributed by atoms with Crippen molar-refractivity contribution in [2.24, 2.45) is 38.1 Å². The molecule has 8 atom stereocenters. The van der Waals surface area contributed by atoms with Crippen LogP contribution in [0.3, 0.4) is 0 Å². The van der Waals surface area contributed by atoms with Crippen molar-refractivity contribution in [3.8, 4) is 0 Å². The molecule has 11 amide bonds. The summed E-state index contributed by atoms with van der Waals surface area (Å²) < 4.78 is 75.5. The zero-order valence-corrected chi connectivity index (χ0v) is 80.9.